The van der Waals surface area contributed by atoms with Gasteiger partial charge in [0.15, 0.2) is 0 Å². The van der Waals surface area contributed by atoms with Gasteiger partial charge in [-0.2, -0.15) is 5.10 Å². The van der Waals surface area contributed by atoms with Crippen LogP contribution in [0, 0.1) is 5.82 Å². The normalized spacial score (nSPS) is 14.8. The van der Waals surface area contributed by atoms with Crippen molar-refractivity contribution in [3.8, 4) is 5.69 Å². The Hall–Kier alpha value is -2.70. The minimum absolute atomic E-state index is 0.165. The second-order valence-corrected chi connectivity index (χ2v) is 7.26. The molecule has 2 aromatic carbocycles. The van der Waals surface area contributed by atoms with Gasteiger partial charge in [0, 0.05) is 16.6 Å². The minimum atomic E-state index is -0.337. The van der Waals surface area contributed by atoms with E-state index in [1.165, 1.54) is 12.1 Å². The van der Waals surface area contributed by atoms with Gasteiger partial charge in [0.25, 0.3) is 5.91 Å². The van der Waals surface area contributed by atoms with E-state index >= 15 is 0 Å². The van der Waals surface area contributed by atoms with Crippen LogP contribution in [0.4, 0.5) is 10.1 Å². The maximum Gasteiger partial charge on any atom is 0.259 e. The average molecular weight is 399 g/mol. The maximum atomic E-state index is 13.8. The first kappa shape index (κ1) is 18.7. The molecular weight excluding hydrogens is 379 g/mol. The third kappa shape index (κ3) is 3.93. The van der Waals surface area contributed by atoms with E-state index in [-0.39, 0.29) is 17.6 Å². The number of hydrogen-bond acceptors (Lipinski definition) is 3. The molecule has 3 aromatic rings. The van der Waals surface area contributed by atoms with Crippen LogP contribution in [0.5, 0.6) is 0 Å². The van der Waals surface area contributed by atoms with Gasteiger partial charge in [0.2, 0.25) is 0 Å². The number of carbonyl (C=O) groups is 1. The summed E-state index contributed by atoms with van der Waals surface area (Å²) in [6.07, 6.45) is 3.35. The summed E-state index contributed by atoms with van der Waals surface area (Å²) in [5.74, 6) is -0.409. The molecule has 5 nitrogen and oxygen atoms in total. The van der Waals surface area contributed by atoms with Crippen LogP contribution >= 0.6 is 11.6 Å². The monoisotopic (exact) mass is 398 g/mol. The predicted octanol–water partition coefficient (Wildman–Crippen LogP) is 4.38. The summed E-state index contributed by atoms with van der Waals surface area (Å²) in [6.45, 7) is 1.74. The number of halogens is 2. The third-order valence-electron chi connectivity index (χ3n) is 4.93. The number of anilines is 1. The first-order valence-corrected chi connectivity index (χ1v) is 9.61. The van der Waals surface area contributed by atoms with Gasteiger partial charge < -0.3 is 10.6 Å². The Morgan fingerprint density at radius 2 is 1.93 bits per heavy atom. The largest absolute Gasteiger partial charge is 0.322 e. The lowest BCUT2D eigenvalue weighted by molar-refractivity contribution is 0.102. The van der Waals surface area contributed by atoms with Gasteiger partial charge >= 0.3 is 0 Å². The Labute approximate surface area is 167 Å². The Morgan fingerprint density at radius 3 is 2.64 bits per heavy atom. The molecule has 0 bridgehead atoms. The predicted molar refractivity (Wildman–Crippen MR) is 108 cm³/mol. The third-order valence-corrected chi connectivity index (χ3v) is 5.18. The summed E-state index contributed by atoms with van der Waals surface area (Å²) in [6, 6.07) is 13.2. The molecule has 1 aliphatic rings. The molecule has 0 aliphatic carbocycles. The number of benzene rings is 2. The maximum absolute atomic E-state index is 13.8. The van der Waals surface area contributed by atoms with E-state index in [1.807, 2.05) is 0 Å². The van der Waals surface area contributed by atoms with E-state index < -0.39 is 0 Å². The highest BCUT2D eigenvalue weighted by Gasteiger charge is 2.27. The molecule has 1 saturated heterocycles. The molecule has 0 spiro atoms. The Bertz CT molecular complexity index is 980. The molecular formula is C21H20ClFN4O. The van der Waals surface area contributed by atoms with E-state index in [0.717, 1.165) is 31.6 Å². The molecule has 1 fully saturated rings. The van der Waals surface area contributed by atoms with Crippen molar-refractivity contribution < 1.29 is 9.18 Å². The van der Waals surface area contributed by atoms with Crippen molar-refractivity contribution in [1.29, 1.82) is 0 Å². The fraction of sp³-hybridized carbons (Fsp3) is 0.238. The average Bonchev–Trinajstić information content (AvgIpc) is 3.16. The molecule has 0 saturated carbocycles. The van der Waals surface area contributed by atoms with Crippen LogP contribution < -0.4 is 10.6 Å². The van der Waals surface area contributed by atoms with Crippen molar-refractivity contribution >= 4 is 23.2 Å². The summed E-state index contributed by atoms with van der Waals surface area (Å²) in [7, 11) is 0. The van der Waals surface area contributed by atoms with Crippen LogP contribution in [0.1, 0.15) is 34.8 Å². The Kier molecular flexibility index (Phi) is 5.41. The Balaban J connectivity index is 1.71. The number of piperidine rings is 1. The fourth-order valence-electron chi connectivity index (χ4n) is 3.57. The van der Waals surface area contributed by atoms with Crippen molar-refractivity contribution in [2.45, 2.75) is 18.8 Å². The molecule has 2 heterocycles. The molecule has 2 N–H and O–H groups in total. The lowest BCUT2D eigenvalue weighted by Gasteiger charge is -2.24. The van der Waals surface area contributed by atoms with Gasteiger partial charge in [-0.3, -0.25) is 4.79 Å². The summed E-state index contributed by atoms with van der Waals surface area (Å²) >= 11 is 5.91. The number of amides is 1. The lowest BCUT2D eigenvalue weighted by atomic mass is 9.91. The standard InChI is InChI=1S/C21H20ClFN4O/c22-15-4-6-17(7-5-15)26-21(28)19-13-25-27(18-3-1-2-16(23)12-18)20(19)14-8-10-24-11-9-14/h1-7,12-14,24H,8-11H2,(H,26,28). The van der Waals surface area contributed by atoms with Crippen LogP contribution in [-0.4, -0.2) is 28.8 Å². The van der Waals surface area contributed by atoms with E-state index in [1.54, 1.807) is 47.3 Å². The number of carbonyl (C=O) groups excluding carboxylic acids is 1. The highest BCUT2D eigenvalue weighted by molar-refractivity contribution is 6.30. The first-order valence-electron chi connectivity index (χ1n) is 9.23. The summed E-state index contributed by atoms with van der Waals surface area (Å²) in [4.78, 5) is 13.0. The minimum Gasteiger partial charge on any atom is -0.322 e. The van der Waals surface area contributed by atoms with Crippen molar-refractivity contribution in [2.75, 3.05) is 18.4 Å². The van der Waals surface area contributed by atoms with Crippen molar-refractivity contribution in [3.05, 3.63) is 76.8 Å². The number of nitrogens with one attached hydrogen (secondary N) is 2. The number of hydrogen-bond donors (Lipinski definition) is 2. The van der Waals surface area contributed by atoms with Crippen molar-refractivity contribution in [1.82, 2.24) is 15.1 Å². The van der Waals surface area contributed by atoms with Crippen LogP contribution in [0.15, 0.2) is 54.7 Å². The van der Waals surface area contributed by atoms with Gasteiger partial charge in [-0.05, 0) is 68.4 Å². The molecule has 144 valence electrons. The topological polar surface area (TPSA) is 59.0 Å². The van der Waals surface area contributed by atoms with Crippen LogP contribution in [0.25, 0.3) is 5.69 Å². The van der Waals surface area contributed by atoms with E-state index in [9.17, 15) is 9.18 Å². The van der Waals surface area contributed by atoms with Gasteiger partial charge in [0.05, 0.1) is 23.1 Å². The second kappa shape index (κ2) is 8.12. The highest BCUT2D eigenvalue weighted by atomic mass is 35.5. The van der Waals surface area contributed by atoms with Crippen LogP contribution in [0.3, 0.4) is 0 Å². The SMILES string of the molecule is O=C(Nc1ccc(Cl)cc1)c1cnn(-c2cccc(F)c2)c1C1CCNCC1. The summed E-state index contributed by atoms with van der Waals surface area (Å²) in [5.41, 5.74) is 2.59. The van der Waals surface area contributed by atoms with E-state index in [0.29, 0.717) is 22.0 Å². The van der Waals surface area contributed by atoms with E-state index in [4.69, 9.17) is 11.6 Å². The van der Waals surface area contributed by atoms with Crippen molar-refractivity contribution in [3.63, 3.8) is 0 Å². The van der Waals surface area contributed by atoms with Gasteiger partial charge in [-0.15, -0.1) is 0 Å². The molecule has 0 atom stereocenters. The summed E-state index contributed by atoms with van der Waals surface area (Å²) < 4.78 is 15.5. The molecule has 0 unspecified atom stereocenters. The lowest BCUT2D eigenvalue weighted by Crippen LogP contribution is -2.29. The molecule has 0 radical (unpaired) electrons. The molecule has 1 aliphatic heterocycles. The number of nitrogens with zero attached hydrogens (tertiary/aromatic N) is 2. The molecule has 1 aromatic heterocycles. The first-order chi connectivity index (χ1) is 13.6. The van der Waals surface area contributed by atoms with E-state index in [2.05, 4.69) is 15.7 Å². The zero-order chi connectivity index (χ0) is 19.5. The molecule has 28 heavy (non-hydrogen) atoms. The Morgan fingerprint density at radius 1 is 1.18 bits per heavy atom. The van der Waals surface area contributed by atoms with Crippen LogP contribution in [0.2, 0.25) is 5.02 Å². The quantitative estimate of drug-likeness (QED) is 0.685. The van der Waals surface area contributed by atoms with Gasteiger partial charge in [-0.25, -0.2) is 9.07 Å². The second-order valence-electron chi connectivity index (χ2n) is 6.82. The number of rotatable bonds is 4. The zero-order valence-corrected chi connectivity index (χ0v) is 15.9. The molecule has 1 amide bonds. The highest BCUT2D eigenvalue weighted by Crippen LogP contribution is 2.31. The summed E-state index contributed by atoms with van der Waals surface area (Å²) in [5, 5.41) is 11.3. The van der Waals surface area contributed by atoms with Crippen molar-refractivity contribution in [2.24, 2.45) is 0 Å². The molecule has 7 heteroatoms. The van der Waals surface area contributed by atoms with Crippen LogP contribution in [-0.2, 0) is 0 Å². The van der Waals surface area contributed by atoms with Gasteiger partial charge in [-0.1, -0.05) is 17.7 Å². The number of aromatic nitrogens is 2. The zero-order valence-electron chi connectivity index (χ0n) is 15.2. The van der Waals surface area contributed by atoms with Gasteiger partial charge in [0.1, 0.15) is 5.82 Å². The molecule has 4 rings (SSSR count). The fourth-order valence-corrected chi connectivity index (χ4v) is 3.69. The smallest absolute Gasteiger partial charge is 0.259 e.